The number of aromatic hydroxyl groups is 1. The number of anilines is 1. The Morgan fingerprint density at radius 3 is 2.48 bits per heavy atom. The Hall–Kier alpha value is -2.82. The summed E-state index contributed by atoms with van der Waals surface area (Å²) in [5.74, 6) is -0.769. The lowest BCUT2D eigenvalue weighted by molar-refractivity contribution is -0.114. The molecule has 0 bridgehead atoms. The Morgan fingerprint density at radius 2 is 1.83 bits per heavy atom. The van der Waals surface area contributed by atoms with Crippen LogP contribution in [0.1, 0.15) is 41.4 Å². The standard InChI is InChI=1S/C18H20N2O3/c1-11-6-4-5-7-15(11)12(2)19-18(23)16-10-14(20-13(3)21)8-9-17(16)22/h4-10,12,22H,1-3H3,(H,19,23)(H,20,21)/t12-/m1/s1. The van der Waals surface area contributed by atoms with Crippen LogP contribution in [0.5, 0.6) is 5.75 Å². The minimum atomic E-state index is -0.398. The molecule has 3 N–H and O–H groups in total. The smallest absolute Gasteiger partial charge is 0.255 e. The Balaban J connectivity index is 2.20. The summed E-state index contributed by atoms with van der Waals surface area (Å²) in [6.45, 7) is 5.24. The van der Waals surface area contributed by atoms with E-state index in [-0.39, 0.29) is 23.3 Å². The third kappa shape index (κ3) is 4.10. The summed E-state index contributed by atoms with van der Waals surface area (Å²) in [6.07, 6.45) is 0. The van der Waals surface area contributed by atoms with E-state index in [1.54, 1.807) is 0 Å². The molecule has 0 unspecified atom stereocenters. The van der Waals surface area contributed by atoms with Gasteiger partial charge < -0.3 is 15.7 Å². The number of carbonyl (C=O) groups excluding carboxylic acids is 2. The zero-order chi connectivity index (χ0) is 17.0. The lowest BCUT2D eigenvalue weighted by atomic mass is 10.0. The molecule has 0 radical (unpaired) electrons. The zero-order valence-corrected chi connectivity index (χ0v) is 13.4. The molecule has 0 aliphatic heterocycles. The number of aryl methyl sites for hydroxylation is 1. The molecule has 0 aliphatic rings. The first-order chi connectivity index (χ1) is 10.9. The van der Waals surface area contributed by atoms with Crippen LogP contribution in [0.15, 0.2) is 42.5 Å². The van der Waals surface area contributed by atoms with E-state index >= 15 is 0 Å². The van der Waals surface area contributed by atoms with Crippen molar-refractivity contribution in [1.29, 1.82) is 0 Å². The maximum Gasteiger partial charge on any atom is 0.255 e. The monoisotopic (exact) mass is 312 g/mol. The zero-order valence-electron chi connectivity index (χ0n) is 13.4. The molecule has 2 aromatic carbocycles. The van der Waals surface area contributed by atoms with Crippen LogP contribution in [0.25, 0.3) is 0 Å². The third-order valence-electron chi connectivity index (χ3n) is 3.56. The predicted octanol–water partition coefficient (Wildman–Crippen LogP) is 3.15. The fraction of sp³-hybridized carbons (Fsp3) is 0.222. The summed E-state index contributed by atoms with van der Waals surface area (Å²) in [5, 5.41) is 15.4. The molecule has 5 nitrogen and oxygen atoms in total. The molecule has 2 rings (SSSR count). The van der Waals surface area contributed by atoms with Gasteiger partial charge in [0.25, 0.3) is 5.91 Å². The van der Waals surface area contributed by atoms with Crippen molar-refractivity contribution in [3.05, 3.63) is 59.2 Å². The molecular weight excluding hydrogens is 292 g/mol. The lowest BCUT2D eigenvalue weighted by Crippen LogP contribution is -2.27. The second-order valence-electron chi connectivity index (χ2n) is 5.46. The quantitative estimate of drug-likeness (QED) is 0.759. The fourth-order valence-electron chi connectivity index (χ4n) is 2.42. The topological polar surface area (TPSA) is 78.4 Å². The fourth-order valence-corrected chi connectivity index (χ4v) is 2.42. The van der Waals surface area contributed by atoms with Crippen LogP contribution in [0, 0.1) is 6.92 Å². The normalized spacial score (nSPS) is 11.6. The van der Waals surface area contributed by atoms with Gasteiger partial charge in [0, 0.05) is 12.6 Å². The van der Waals surface area contributed by atoms with Crippen molar-refractivity contribution in [2.45, 2.75) is 26.8 Å². The van der Waals surface area contributed by atoms with Crippen molar-refractivity contribution >= 4 is 17.5 Å². The van der Waals surface area contributed by atoms with Crippen LogP contribution < -0.4 is 10.6 Å². The van der Waals surface area contributed by atoms with E-state index in [0.29, 0.717) is 5.69 Å². The largest absolute Gasteiger partial charge is 0.507 e. The van der Waals surface area contributed by atoms with Gasteiger partial charge in [-0.25, -0.2) is 0 Å². The second-order valence-corrected chi connectivity index (χ2v) is 5.46. The van der Waals surface area contributed by atoms with E-state index in [2.05, 4.69) is 10.6 Å². The molecule has 2 amide bonds. The van der Waals surface area contributed by atoms with Crippen molar-refractivity contribution < 1.29 is 14.7 Å². The molecule has 1 atom stereocenters. The van der Waals surface area contributed by atoms with E-state index < -0.39 is 5.91 Å². The highest BCUT2D eigenvalue weighted by Crippen LogP contribution is 2.23. The highest BCUT2D eigenvalue weighted by Gasteiger charge is 2.16. The van der Waals surface area contributed by atoms with Crippen LogP contribution in [-0.4, -0.2) is 16.9 Å². The third-order valence-corrected chi connectivity index (χ3v) is 3.56. The van der Waals surface area contributed by atoms with Gasteiger partial charge in [-0.15, -0.1) is 0 Å². The highest BCUT2D eigenvalue weighted by molar-refractivity contribution is 5.99. The summed E-state index contributed by atoms with van der Waals surface area (Å²) in [4.78, 5) is 23.5. The summed E-state index contributed by atoms with van der Waals surface area (Å²) in [6, 6.07) is 12.0. The average Bonchev–Trinajstić information content (AvgIpc) is 2.49. The average molecular weight is 312 g/mol. The molecule has 5 heteroatoms. The predicted molar refractivity (Wildman–Crippen MR) is 89.5 cm³/mol. The Labute approximate surface area is 135 Å². The number of amides is 2. The van der Waals surface area contributed by atoms with Crippen molar-refractivity contribution in [2.24, 2.45) is 0 Å². The minimum absolute atomic E-state index is 0.122. The number of phenolic OH excluding ortho intramolecular Hbond substituents is 1. The maximum atomic E-state index is 12.4. The number of phenols is 1. The van der Waals surface area contributed by atoms with Gasteiger partial charge in [0.1, 0.15) is 5.75 Å². The Bertz CT molecular complexity index is 741. The van der Waals surface area contributed by atoms with Crippen molar-refractivity contribution in [3.63, 3.8) is 0 Å². The van der Waals surface area contributed by atoms with Gasteiger partial charge in [0.05, 0.1) is 11.6 Å². The Morgan fingerprint density at radius 1 is 1.13 bits per heavy atom. The molecule has 0 heterocycles. The van der Waals surface area contributed by atoms with E-state index in [1.807, 2.05) is 38.1 Å². The molecule has 23 heavy (non-hydrogen) atoms. The van der Waals surface area contributed by atoms with Crippen LogP contribution in [-0.2, 0) is 4.79 Å². The summed E-state index contributed by atoms with van der Waals surface area (Å²) in [7, 11) is 0. The van der Waals surface area contributed by atoms with E-state index in [9.17, 15) is 14.7 Å². The van der Waals surface area contributed by atoms with Gasteiger partial charge in [-0.05, 0) is 43.2 Å². The van der Waals surface area contributed by atoms with Crippen LogP contribution in [0.3, 0.4) is 0 Å². The van der Waals surface area contributed by atoms with Crippen LogP contribution in [0.4, 0.5) is 5.69 Å². The van der Waals surface area contributed by atoms with Crippen LogP contribution in [0.2, 0.25) is 0 Å². The van der Waals surface area contributed by atoms with E-state index in [1.165, 1.54) is 25.1 Å². The van der Waals surface area contributed by atoms with Gasteiger partial charge >= 0.3 is 0 Å². The molecular formula is C18H20N2O3. The van der Waals surface area contributed by atoms with Gasteiger partial charge in [-0.2, -0.15) is 0 Å². The first-order valence-electron chi connectivity index (χ1n) is 7.35. The number of benzene rings is 2. The molecule has 120 valence electrons. The van der Waals surface area contributed by atoms with Crippen molar-refractivity contribution in [3.8, 4) is 5.75 Å². The number of carbonyl (C=O) groups is 2. The SMILES string of the molecule is CC(=O)Nc1ccc(O)c(C(=O)N[C@H](C)c2ccccc2C)c1. The number of hydrogen-bond acceptors (Lipinski definition) is 3. The summed E-state index contributed by atoms with van der Waals surface area (Å²) < 4.78 is 0. The lowest BCUT2D eigenvalue weighted by Gasteiger charge is -2.17. The molecule has 0 aliphatic carbocycles. The maximum absolute atomic E-state index is 12.4. The van der Waals surface area contributed by atoms with Crippen LogP contribution >= 0.6 is 0 Å². The first kappa shape index (κ1) is 16.5. The van der Waals surface area contributed by atoms with Gasteiger partial charge in [-0.1, -0.05) is 24.3 Å². The molecule has 0 fully saturated rings. The van der Waals surface area contributed by atoms with Gasteiger partial charge in [0.2, 0.25) is 5.91 Å². The molecule has 2 aromatic rings. The van der Waals surface area contributed by atoms with Crippen molar-refractivity contribution in [2.75, 3.05) is 5.32 Å². The molecule has 0 saturated carbocycles. The number of rotatable bonds is 4. The first-order valence-corrected chi connectivity index (χ1v) is 7.35. The summed E-state index contributed by atoms with van der Waals surface area (Å²) in [5.41, 5.74) is 2.68. The van der Waals surface area contributed by atoms with Crippen molar-refractivity contribution in [1.82, 2.24) is 5.32 Å². The molecule has 0 saturated heterocycles. The number of nitrogens with one attached hydrogen (secondary N) is 2. The minimum Gasteiger partial charge on any atom is -0.507 e. The van der Waals surface area contributed by atoms with E-state index in [0.717, 1.165) is 11.1 Å². The molecule has 0 aromatic heterocycles. The second kappa shape index (κ2) is 6.96. The molecule has 0 spiro atoms. The van der Waals surface area contributed by atoms with E-state index in [4.69, 9.17) is 0 Å². The summed E-state index contributed by atoms with van der Waals surface area (Å²) >= 11 is 0. The number of hydrogen-bond donors (Lipinski definition) is 3. The Kier molecular flexibility index (Phi) is 5.01. The van der Waals surface area contributed by atoms with Gasteiger partial charge in [0.15, 0.2) is 0 Å². The van der Waals surface area contributed by atoms with Gasteiger partial charge in [-0.3, -0.25) is 9.59 Å². The highest BCUT2D eigenvalue weighted by atomic mass is 16.3.